The zero-order valence-electron chi connectivity index (χ0n) is 40.5. The molecule has 0 N–H and O–H groups in total. The zero-order chi connectivity index (χ0) is 43.1. The Morgan fingerprint density at radius 3 is 0.934 bits per heavy atom. The predicted molar refractivity (Wildman–Crippen MR) is 251 cm³/mol. The van der Waals surface area contributed by atoms with Crippen LogP contribution in [0, 0.1) is 69.0 Å². The van der Waals surface area contributed by atoms with E-state index in [0.717, 1.165) is 150 Å². The number of carbonyl (C=O) groups is 2. The van der Waals surface area contributed by atoms with Crippen molar-refractivity contribution >= 4 is 11.6 Å². The van der Waals surface area contributed by atoms with Crippen LogP contribution < -0.4 is 0 Å². The van der Waals surface area contributed by atoms with Crippen LogP contribution in [0.1, 0.15) is 265 Å². The summed E-state index contributed by atoms with van der Waals surface area (Å²) in [5.41, 5.74) is -2.25. The highest BCUT2D eigenvalue weighted by Gasteiger charge is 2.73. The van der Waals surface area contributed by atoms with Crippen LogP contribution in [0.15, 0.2) is 0 Å². The molecule has 8 fully saturated rings. The largest absolute Gasteiger partial charge is 0.298 e. The summed E-state index contributed by atoms with van der Waals surface area (Å²) in [6, 6.07) is 0. The fourth-order valence-electron chi connectivity index (χ4n) is 16.7. The van der Waals surface area contributed by atoms with Gasteiger partial charge in [-0.2, -0.15) is 0 Å². The fraction of sp³-hybridized carbons (Fsp3) is 0.965. The molecule has 0 amide bonds. The van der Waals surface area contributed by atoms with Crippen molar-refractivity contribution in [3.05, 3.63) is 0 Å². The van der Waals surface area contributed by atoms with Crippen LogP contribution in [-0.2, 0) is 9.59 Å². The maximum atomic E-state index is 15.8. The van der Waals surface area contributed by atoms with E-state index >= 15 is 8.78 Å². The number of carbonyl (C=O) groups excluding carboxylic acids is 2. The average molecular weight is 851 g/mol. The lowest BCUT2D eigenvalue weighted by Gasteiger charge is -2.61. The molecule has 0 aromatic carbocycles. The van der Waals surface area contributed by atoms with Gasteiger partial charge in [-0.05, 0) is 176 Å². The van der Waals surface area contributed by atoms with Crippen molar-refractivity contribution in [2.75, 3.05) is 0 Å². The SMILES string of the molecule is CCCCCC1CCC(C2CCC3(CC2)C(=O)[C@]2(CC[C@@H](CCCC)CC2)[C@H]3F)CC1.CCCCCC1CCC([C@H]2CC[C@]3(CC2)C(=O)[C@@]2(CCC(CCC)CC2)[C@H]3F)CC1. The highest BCUT2D eigenvalue weighted by Crippen LogP contribution is 2.68. The number of hydrogen-bond donors (Lipinski definition) is 0. The van der Waals surface area contributed by atoms with Gasteiger partial charge in [-0.25, -0.2) is 8.78 Å². The van der Waals surface area contributed by atoms with Gasteiger partial charge >= 0.3 is 0 Å². The fourth-order valence-corrected chi connectivity index (χ4v) is 16.7. The Kier molecular flexibility index (Phi) is 17.1. The number of ketones is 2. The average Bonchev–Trinajstić information content (AvgIpc) is 3.31. The first-order valence-electron chi connectivity index (χ1n) is 28.0. The maximum absolute atomic E-state index is 15.8. The van der Waals surface area contributed by atoms with Gasteiger partial charge in [-0.1, -0.05) is 137 Å². The standard InChI is InChI=1S/C29H49FO.C28H47FO/c1-3-5-7-9-22-10-12-24(13-11-22)25-16-20-29(21-17-25)26(30)28(27(29)31)18-14-23(15-19-28)8-6-4-2;1-3-5-6-8-22-9-11-23(12-10-22)24-15-19-28(20-16-24)25(29)27(26(28)30)17-13-21(7-4-2)14-18-27/h22-26H,3-21H2,1-2H3;21-25H,3-20H2,1-2H3/t22?,23-,24?,25?,26-,28+,29?;21?,22?,23?,24-,25-,27-,28+/m11/s1. The molecule has 0 unspecified atom stereocenters. The minimum Gasteiger partial charge on any atom is -0.298 e. The van der Waals surface area contributed by atoms with Crippen molar-refractivity contribution in [3.8, 4) is 0 Å². The normalized spacial score (nSPS) is 43.8. The zero-order valence-corrected chi connectivity index (χ0v) is 40.5. The number of halogens is 2. The lowest BCUT2D eigenvalue weighted by Crippen LogP contribution is -2.69. The number of hydrogen-bond acceptors (Lipinski definition) is 2. The minimum atomic E-state index is -0.838. The monoisotopic (exact) mass is 851 g/mol. The van der Waals surface area contributed by atoms with Crippen LogP contribution in [0.25, 0.3) is 0 Å². The molecule has 0 aromatic rings. The van der Waals surface area contributed by atoms with E-state index in [1.165, 1.54) is 135 Å². The molecule has 2 atom stereocenters. The Labute approximate surface area is 375 Å². The smallest absolute Gasteiger partial charge is 0.151 e. The third kappa shape index (κ3) is 9.85. The molecule has 8 aliphatic rings. The molecule has 0 aromatic heterocycles. The molecule has 0 radical (unpaired) electrons. The van der Waals surface area contributed by atoms with Crippen molar-refractivity contribution in [2.24, 2.45) is 69.0 Å². The van der Waals surface area contributed by atoms with Crippen LogP contribution in [-0.4, -0.2) is 23.9 Å². The second-order valence-electron chi connectivity index (χ2n) is 24.1. The van der Waals surface area contributed by atoms with Crippen molar-refractivity contribution in [2.45, 2.75) is 278 Å². The van der Waals surface area contributed by atoms with E-state index in [9.17, 15) is 9.59 Å². The van der Waals surface area contributed by atoms with E-state index in [2.05, 4.69) is 27.7 Å². The number of rotatable bonds is 15. The molecule has 4 heteroatoms. The van der Waals surface area contributed by atoms with Crippen LogP contribution in [0.2, 0.25) is 0 Å². The second kappa shape index (κ2) is 21.7. The van der Waals surface area contributed by atoms with E-state index in [4.69, 9.17) is 0 Å². The molecule has 0 aliphatic heterocycles. The van der Waals surface area contributed by atoms with Crippen LogP contribution >= 0.6 is 0 Å². The van der Waals surface area contributed by atoms with Gasteiger partial charge in [0.15, 0.2) is 11.6 Å². The summed E-state index contributed by atoms with van der Waals surface area (Å²) in [4.78, 5) is 26.9. The first kappa shape index (κ1) is 48.1. The van der Waals surface area contributed by atoms with Crippen LogP contribution in [0.5, 0.6) is 0 Å². The summed E-state index contributed by atoms with van der Waals surface area (Å²) < 4.78 is 31.5. The topological polar surface area (TPSA) is 34.1 Å². The van der Waals surface area contributed by atoms with Gasteiger partial charge in [0.25, 0.3) is 0 Å². The minimum absolute atomic E-state index is 0.357. The molecule has 61 heavy (non-hydrogen) atoms. The third-order valence-corrected chi connectivity index (χ3v) is 20.8. The van der Waals surface area contributed by atoms with Gasteiger partial charge in [-0.15, -0.1) is 0 Å². The predicted octanol–water partition coefficient (Wildman–Crippen LogP) is 17.3. The molecule has 2 nitrogen and oxygen atoms in total. The van der Waals surface area contributed by atoms with E-state index in [-0.39, 0.29) is 0 Å². The number of alkyl halides is 2. The van der Waals surface area contributed by atoms with Gasteiger partial charge in [0.05, 0.1) is 21.7 Å². The van der Waals surface area contributed by atoms with E-state index < -0.39 is 34.0 Å². The molecular weight excluding hydrogens is 755 g/mol. The Bertz CT molecular complexity index is 1340. The maximum Gasteiger partial charge on any atom is 0.151 e. The van der Waals surface area contributed by atoms with Gasteiger partial charge in [0.2, 0.25) is 0 Å². The molecule has 8 saturated carbocycles. The number of unbranched alkanes of at least 4 members (excludes halogenated alkanes) is 5. The van der Waals surface area contributed by atoms with Crippen LogP contribution in [0.4, 0.5) is 8.78 Å². The molecule has 0 saturated heterocycles. The van der Waals surface area contributed by atoms with Crippen molar-refractivity contribution in [3.63, 3.8) is 0 Å². The molecule has 350 valence electrons. The van der Waals surface area contributed by atoms with Crippen LogP contribution in [0.3, 0.4) is 0 Å². The highest BCUT2D eigenvalue weighted by atomic mass is 19.1. The highest BCUT2D eigenvalue weighted by molar-refractivity contribution is 5.99. The van der Waals surface area contributed by atoms with E-state index in [0.29, 0.717) is 11.6 Å². The quantitative estimate of drug-likeness (QED) is 0.154. The molecule has 0 bridgehead atoms. The van der Waals surface area contributed by atoms with Gasteiger partial charge < -0.3 is 0 Å². The molecule has 8 rings (SSSR count). The summed E-state index contributed by atoms with van der Waals surface area (Å²) in [6.45, 7) is 9.07. The summed E-state index contributed by atoms with van der Waals surface area (Å²) in [7, 11) is 0. The summed E-state index contributed by atoms with van der Waals surface area (Å²) in [5, 5.41) is 0. The Morgan fingerprint density at radius 1 is 0.344 bits per heavy atom. The lowest BCUT2D eigenvalue weighted by atomic mass is 9.41. The molecule has 4 spiro atoms. The van der Waals surface area contributed by atoms with E-state index in [1.807, 2.05) is 0 Å². The molecule has 8 aliphatic carbocycles. The summed E-state index contributed by atoms with van der Waals surface area (Å²) in [6.07, 6.45) is 42.6. The van der Waals surface area contributed by atoms with Crippen molar-refractivity contribution < 1.29 is 18.4 Å². The van der Waals surface area contributed by atoms with E-state index in [1.54, 1.807) is 0 Å². The third-order valence-electron chi connectivity index (χ3n) is 20.8. The van der Waals surface area contributed by atoms with Gasteiger partial charge in [0.1, 0.15) is 12.3 Å². The van der Waals surface area contributed by atoms with Gasteiger partial charge in [0, 0.05) is 0 Å². The Hall–Kier alpha value is -0.800. The second-order valence-corrected chi connectivity index (χ2v) is 24.1. The Morgan fingerprint density at radius 2 is 0.623 bits per heavy atom. The first-order chi connectivity index (χ1) is 29.6. The molecule has 0 heterocycles. The Balaban J connectivity index is 0.000000184. The first-order valence-corrected chi connectivity index (χ1v) is 28.0. The lowest BCUT2D eigenvalue weighted by molar-refractivity contribution is -0.194. The van der Waals surface area contributed by atoms with Gasteiger partial charge in [-0.3, -0.25) is 9.59 Å². The summed E-state index contributed by atoms with van der Waals surface area (Å²) >= 11 is 0. The summed E-state index contributed by atoms with van der Waals surface area (Å²) in [5.74, 6) is 7.39. The molecular formula is C57H96F2O2. The van der Waals surface area contributed by atoms with Crippen molar-refractivity contribution in [1.29, 1.82) is 0 Å². The van der Waals surface area contributed by atoms with Crippen molar-refractivity contribution in [1.82, 2.24) is 0 Å². The number of Topliss-reactive ketones (excluding diaryl/α,β-unsaturated/α-hetero) is 2.